The number of anilines is 1. The standard InChI is InChI=1S/C21H21Cl3N4O.CHNS/c22-15-6-4-14(5-7-15)17-13-28(19-9-8-16(23)12-18(19)24)25-20(17)21(29)26-27-10-2-1-3-11-27;2-1-3/h4-9,12,17H,1-3,10-11,13H2,(H,26,29);3H/p-1. The Morgan fingerprint density at radius 2 is 1.69 bits per heavy atom. The predicted octanol–water partition coefficient (Wildman–Crippen LogP) is 5.14. The monoisotopic (exact) mass is 508 g/mol. The third kappa shape index (κ3) is 6.25. The van der Waals surface area contributed by atoms with Gasteiger partial charge in [0, 0.05) is 23.1 Å². The SMILES string of the molecule is N#C[S-].O=C(NN1CCCCC1)C1=NN(c2ccc(Cl)cc2Cl)CC1c1ccc(Cl)cc1. The number of hydrazine groups is 1. The number of hydrogen-bond acceptors (Lipinski definition) is 6. The van der Waals surface area contributed by atoms with Crippen molar-refractivity contribution in [3.05, 3.63) is 63.1 Å². The Bertz CT molecular complexity index is 1020. The van der Waals surface area contributed by atoms with Crippen LogP contribution in [0.4, 0.5) is 5.69 Å². The number of nitrogens with one attached hydrogen (secondary N) is 1. The van der Waals surface area contributed by atoms with Gasteiger partial charge in [0.1, 0.15) is 5.71 Å². The summed E-state index contributed by atoms with van der Waals surface area (Å²) < 4.78 is 0. The first kappa shape index (κ1) is 24.6. The Balaban J connectivity index is 0.000000913. The van der Waals surface area contributed by atoms with Gasteiger partial charge >= 0.3 is 0 Å². The van der Waals surface area contributed by atoms with Gasteiger partial charge in [-0.05, 0) is 48.7 Å². The summed E-state index contributed by atoms with van der Waals surface area (Å²) in [6.45, 7) is 2.22. The van der Waals surface area contributed by atoms with Crippen molar-refractivity contribution in [3.63, 3.8) is 0 Å². The molecule has 168 valence electrons. The molecule has 0 saturated carbocycles. The maximum atomic E-state index is 13.1. The zero-order valence-corrected chi connectivity index (χ0v) is 20.2. The van der Waals surface area contributed by atoms with Crippen molar-refractivity contribution in [2.24, 2.45) is 5.10 Å². The number of piperidine rings is 1. The quantitative estimate of drug-likeness (QED) is 0.456. The van der Waals surface area contributed by atoms with Crippen molar-refractivity contribution in [1.82, 2.24) is 10.4 Å². The fourth-order valence-corrected chi connectivity index (χ4v) is 4.34. The summed E-state index contributed by atoms with van der Waals surface area (Å²) in [5.41, 5.74) is 5.19. The molecule has 1 saturated heterocycles. The zero-order chi connectivity index (χ0) is 23.1. The molecule has 2 aromatic carbocycles. The van der Waals surface area contributed by atoms with E-state index in [4.69, 9.17) is 40.1 Å². The first-order valence-electron chi connectivity index (χ1n) is 10.1. The summed E-state index contributed by atoms with van der Waals surface area (Å²) >= 11 is 22.2. The number of nitrogens with zero attached hydrogens (tertiary/aromatic N) is 4. The van der Waals surface area contributed by atoms with Crippen molar-refractivity contribution in [2.75, 3.05) is 24.6 Å². The van der Waals surface area contributed by atoms with Crippen LogP contribution in [0.3, 0.4) is 0 Å². The molecule has 0 aromatic heterocycles. The molecule has 2 aliphatic heterocycles. The summed E-state index contributed by atoms with van der Waals surface area (Å²) in [6.07, 6.45) is 3.36. The molecule has 6 nitrogen and oxygen atoms in total. The molecular formula is C22H21Cl3N5OS-. The molecule has 1 atom stereocenters. The number of thiocyanates is 1. The van der Waals surface area contributed by atoms with Gasteiger partial charge in [0.05, 0.1) is 23.2 Å². The molecule has 0 bridgehead atoms. The molecule has 2 heterocycles. The summed E-state index contributed by atoms with van der Waals surface area (Å²) in [6, 6.07) is 12.8. The lowest BCUT2D eigenvalue weighted by Crippen LogP contribution is -2.48. The minimum Gasteiger partial charge on any atom is -0.696 e. The van der Waals surface area contributed by atoms with Gasteiger partial charge in [0.25, 0.3) is 5.91 Å². The number of amides is 1. The smallest absolute Gasteiger partial charge is 0.282 e. The Morgan fingerprint density at radius 1 is 1.06 bits per heavy atom. The first-order valence-corrected chi connectivity index (χ1v) is 11.6. The average Bonchev–Trinajstić information content (AvgIpc) is 3.21. The Morgan fingerprint density at radius 3 is 2.31 bits per heavy atom. The van der Waals surface area contributed by atoms with Crippen molar-refractivity contribution < 1.29 is 4.79 Å². The van der Waals surface area contributed by atoms with Crippen molar-refractivity contribution in [1.29, 1.82) is 5.26 Å². The normalized spacial score (nSPS) is 18.2. The highest BCUT2D eigenvalue weighted by Gasteiger charge is 2.34. The highest BCUT2D eigenvalue weighted by atomic mass is 35.5. The van der Waals surface area contributed by atoms with Gasteiger partial charge < -0.3 is 12.6 Å². The number of hydrogen-bond donors (Lipinski definition) is 1. The summed E-state index contributed by atoms with van der Waals surface area (Å²) in [5, 5.41) is 18.6. The van der Waals surface area contributed by atoms with E-state index in [0.717, 1.165) is 37.2 Å². The maximum absolute atomic E-state index is 13.1. The van der Waals surface area contributed by atoms with E-state index < -0.39 is 0 Å². The van der Waals surface area contributed by atoms with Crippen LogP contribution in [0.2, 0.25) is 15.1 Å². The lowest BCUT2D eigenvalue weighted by atomic mass is 9.94. The zero-order valence-electron chi connectivity index (χ0n) is 17.1. The van der Waals surface area contributed by atoms with Crippen LogP contribution in [0.25, 0.3) is 0 Å². The van der Waals surface area contributed by atoms with Gasteiger partial charge in [-0.15, -0.1) is 0 Å². The highest BCUT2D eigenvalue weighted by molar-refractivity contribution is 7.64. The van der Waals surface area contributed by atoms with Crippen molar-refractivity contribution >= 4 is 64.7 Å². The summed E-state index contributed by atoms with van der Waals surface area (Å²) in [4.78, 5) is 13.1. The molecule has 1 fully saturated rings. The lowest BCUT2D eigenvalue weighted by Gasteiger charge is -2.27. The van der Waals surface area contributed by atoms with Crippen LogP contribution in [0.5, 0.6) is 0 Å². The van der Waals surface area contributed by atoms with E-state index in [1.165, 1.54) is 11.8 Å². The highest BCUT2D eigenvalue weighted by Crippen LogP contribution is 2.35. The minimum atomic E-state index is -0.191. The molecule has 2 aromatic rings. The minimum absolute atomic E-state index is 0.181. The summed E-state index contributed by atoms with van der Waals surface area (Å²) in [5.74, 6) is -0.372. The second-order valence-corrected chi connectivity index (χ2v) is 8.81. The average molecular weight is 510 g/mol. The van der Waals surface area contributed by atoms with Crippen LogP contribution in [-0.4, -0.2) is 36.3 Å². The van der Waals surface area contributed by atoms with Gasteiger partial charge in [-0.1, -0.05) is 58.8 Å². The Labute approximate surface area is 208 Å². The van der Waals surface area contributed by atoms with E-state index in [0.29, 0.717) is 27.3 Å². The maximum Gasteiger partial charge on any atom is 0.282 e. The Hall–Kier alpha value is -2.08. The molecule has 4 rings (SSSR count). The first-order chi connectivity index (χ1) is 15.4. The van der Waals surface area contributed by atoms with E-state index in [2.05, 4.69) is 23.2 Å². The number of halogens is 3. The summed E-state index contributed by atoms with van der Waals surface area (Å²) in [7, 11) is 0. The van der Waals surface area contributed by atoms with E-state index in [1.54, 1.807) is 17.1 Å². The van der Waals surface area contributed by atoms with Crippen LogP contribution in [-0.2, 0) is 17.4 Å². The largest absolute Gasteiger partial charge is 0.696 e. The van der Waals surface area contributed by atoms with E-state index in [-0.39, 0.29) is 11.8 Å². The van der Waals surface area contributed by atoms with Crippen molar-refractivity contribution in [2.45, 2.75) is 25.2 Å². The molecule has 2 aliphatic rings. The van der Waals surface area contributed by atoms with Crippen molar-refractivity contribution in [3.8, 4) is 5.40 Å². The third-order valence-electron chi connectivity index (χ3n) is 5.22. The Kier molecular flexibility index (Phi) is 8.97. The van der Waals surface area contributed by atoms with E-state index >= 15 is 0 Å². The molecule has 10 heteroatoms. The number of nitriles is 1. The molecule has 1 N–H and O–H groups in total. The second-order valence-electron chi connectivity index (χ2n) is 7.35. The molecular weight excluding hydrogens is 489 g/mol. The molecule has 1 amide bonds. The van der Waals surface area contributed by atoms with Crippen LogP contribution in [0, 0.1) is 10.7 Å². The van der Waals surface area contributed by atoms with Gasteiger partial charge in [-0.3, -0.25) is 15.2 Å². The van der Waals surface area contributed by atoms with E-state index in [1.807, 2.05) is 35.3 Å². The second kappa shape index (κ2) is 11.7. The third-order valence-corrected chi connectivity index (χ3v) is 6.01. The number of carbonyl (C=O) groups excluding carboxylic acids is 1. The van der Waals surface area contributed by atoms with Gasteiger partial charge in [0.2, 0.25) is 0 Å². The molecule has 1 unspecified atom stereocenters. The van der Waals surface area contributed by atoms with E-state index in [9.17, 15) is 4.79 Å². The number of carbonyl (C=O) groups is 1. The van der Waals surface area contributed by atoms with Gasteiger partial charge in [-0.25, -0.2) is 10.3 Å². The van der Waals surface area contributed by atoms with Gasteiger partial charge in [0.15, 0.2) is 0 Å². The lowest BCUT2D eigenvalue weighted by molar-refractivity contribution is -0.119. The predicted molar refractivity (Wildman–Crippen MR) is 132 cm³/mol. The number of hydrazone groups is 1. The molecule has 0 aliphatic carbocycles. The van der Waals surface area contributed by atoms with Crippen LogP contribution < -0.4 is 10.4 Å². The van der Waals surface area contributed by atoms with Gasteiger partial charge in [-0.2, -0.15) is 5.10 Å². The van der Waals surface area contributed by atoms with Crippen LogP contribution in [0.1, 0.15) is 30.7 Å². The number of benzene rings is 2. The molecule has 0 spiro atoms. The van der Waals surface area contributed by atoms with Crippen LogP contribution >= 0.6 is 34.8 Å². The topological polar surface area (TPSA) is 71.7 Å². The fourth-order valence-electron chi connectivity index (χ4n) is 3.71. The van der Waals surface area contributed by atoms with Crippen LogP contribution in [0.15, 0.2) is 47.6 Å². The molecule has 0 radical (unpaired) electrons. The fraction of sp³-hybridized carbons (Fsp3) is 0.318. The molecule has 32 heavy (non-hydrogen) atoms. The number of rotatable bonds is 4.